The molecule has 2 fully saturated rings. The van der Waals surface area contributed by atoms with Crippen molar-refractivity contribution in [2.45, 2.75) is 56.3 Å². The van der Waals surface area contributed by atoms with E-state index in [1.807, 2.05) is 89.8 Å². The van der Waals surface area contributed by atoms with Crippen molar-refractivity contribution in [1.29, 1.82) is 0 Å². The second-order valence-corrected chi connectivity index (χ2v) is 15.9. The Morgan fingerprint density at radius 3 is 2.13 bits per heavy atom. The molecule has 15 nitrogen and oxygen atoms in total. The Kier molecular flexibility index (Phi) is 11.6. The molecule has 6 aromatic rings. The Hall–Kier alpha value is -7.42. The predicted molar refractivity (Wildman–Crippen MR) is 235 cm³/mol. The highest BCUT2D eigenvalue weighted by Crippen LogP contribution is 2.40. The van der Waals surface area contributed by atoms with Crippen LogP contribution < -0.4 is 20.3 Å². The number of amides is 3. The van der Waals surface area contributed by atoms with Crippen LogP contribution in [0.15, 0.2) is 109 Å². The zero-order chi connectivity index (χ0) is 43.5. The number of aromatic nitrogens is 4. The molecule has 0 saturated carbocycles. The Balaban J connectivity index is 0.908. The summed E-state index contributed by atoms with van der Waals surface area (Å²) in [6.45, 7) is 1.64. The van der Waals surface area contributed by atoms with Gasteiger partial charge in [-0.2, -0.15) is 0 Å². The van der Waals surface area contributed by atoms with Gasteiger partial charge in [-0.25, -0.2) is 19.6 Å². The highest BCUT2D eigenvalue weighted by Gasteiger charge is 2.39. The van der Waals surface area contributed by atoms with Crippen molar-refractivity contribution in [2.75, 3.05) is 38.8 Å². The molecule has 3 aliphatic rings. The first-order valence-corrected chi connectivity index (χ1v) is 21.2. The van der Waals surface area contributed by atoms with Crippen LogP contribution in [0.2, 0.25) is 0 Å². The molecule has 2 aromatic heterocycles. The largest absolute Gasteiger partial charge is 0.492 e. The summed E-state index contributed by atoms with van der Waals surface area (Å²) >= 11 is 0. The van der Waals surface area contributed by atoms with Crippen LogP contribution in [0.1, 0.15) is 66.5 Å². The van der Waals surface area contributed by atoms with Gasteiger partial charge in [0.25, 0.3) is 5.91 Å². The summed E-state index contributed by atoms with van der Waals surface area (Å²) in [5.74, 6) is 1.68. The average molecular weight is 849 g/mol. The van der Waals surface area contributed by atoms with Gasteiger partial charge in [0.05, 0.1) is 50.5 Å². The number of nitrogens with one attached hydrogen (secondary N) is 4. The number of aromatic amines is 2. The third-order valence-electron chi connectivity index (χ3n) is 12.1. The number of H-pyrrole nitrogens is 2. The number of alkyl carbamates (subject to hydrolysis) is 2. The number of carbonyl (C=O) groups excluding carboxylic acids is 4. The SMILES string of the molecule is COC(=O)N[C@@H](C(=O)C1CCCN1c1nc2c([nH]1)CCOc1cc(-c3ccc(-c4cnc([C@@H]5CCCN5C(=O)[C@H](NC(=O)OC)c5ccccc5)[nH]4)cc3)ccc1-2)c1ccccc1. The smallest absolute Gasteiger partial charge is 0.407 e. The number of rotatable bonds is 11. The minimum atomic E-state index is -0.892. The number of carbonyl (C=O) groups is 4. The number of methoxy groups -OCH3 is 2. The molecule has 4 N–H and O–H groups in total. The molecular weight excluding hydrogens is 801 g/mol. The summed E-state index contributed by atoms with van der Waals surface area (Å²) < 4.78 is 16.0. The molecule has 1 unspecified atom stereocenters. The predicted octanol–water partition coefficient (Wildman–Crippen LogP) is 7.46. The van der Waals surface area contributed by atoms with E-state index in [0.717, 1.165) is 64.3 Å². The third-order valence-corrected chi connectivity index (χ3v) is 12.1. The van der Waals surface area contributed by atoms with Gasteiger partial charge in [0.15, 0.2) is 5.78 Å². The fourth-order valence-electron chi connectivity index (χ4n) is 8.95. The minimum absolute atomic E-state index is 0.126. The first-order chi connectivity index (χ1) is 30.8. The quantitative estimate of drug-likeness (QED) is 0.102. The van der Waals surface area contributed by atoms with Crippen LogP contribution >= 0.6 is 0 Å². The van der Waals surface area contributed by atoms with Crippen LogP contribution in [0.25, 0.3) is 33.6 Å². The molecule has 2 saturated heterocycles. The molecule has 5 heterocycles. The van der Waals surface area contributed by atoms with Crippen molar-refractivity contribution >= 4 is 29.8 Å². The summed E-state index contributed by atoms with van der Waals surface area (Å²) in [5, 5.41) is 5.46. The number of hydrogen-bond donors (Lipinski definition) is 4. The van der Waals surface area contributed by atoms with Crippen LogP contribution in [-0.2, 0) is 25.5 Å². The number of nitrogens with zero attached hydrogens (tertiary/aromatic N) is 4. The molecule has 0 aliphatic carbocycles. The monoisotopic (exact) mass is 848 g/mol. The summed E-state index contributed by atoms with van der Waals surface area (Å²) in [5.41, 5.74) is 7.70. The van der Waals surface area contributed by atoms with Crippen LogP contribution in [-0.4, -0.2) is 88.7 Å². The van der Waals surface area contributed by atoms with E-state index < -0.39 is 30.3 Å². The maximum atomic E-state index is 14.1. The van der Waals surface area contributed by atoms with E-state index in [-0.39, 0.29) is 17.7 Å². The molecule has 9 rings (SSSR count). The fourth-order valence-corrected chi connectivity index (χ4v) is 8.95. The molecule has 3 amide bonds. The van der Waals surface area contributed by atoms with Crippen LogP contribution in [0.3, 0.4) is 0 Å². The Morgan fingerprint density at radius 1 is 0.762 bits per heavy atom. The second-order valence-electron chi connectivity index (χ2n) is 15.9. The van der Waals surface area contributed by atoms with Crippen molar-refractivity contribution in [3.8, 4) is 39.4 Å². The van der Waals surface area contributed by atoms with Gasteiger partial charge in [-0.15, -0.1) is 0 Å². The van der Waals surface area contributed by atoms with Gasteiger partial charge in [-0.05, 0) is 65.6 Å². The van der Waals surface area contributed by atoms with Crippen molar-refractivity contribution in [3.63, 3.8) is 0 Å². The summed E-state index contributed by atoms with van der Waals surface area (Å²) in [4.78, 5) is 73.2. The van der Waals surface area contributed by atoms with E-state index in [9.17, 15) is 19.2 Å². The molecule has 3 aliphatic heterocycles. The van der Waals surface area contributed by atoms with Crippen molar-refractivity contribution in [1.82, 2.24) is 35.5 Å². The summed E-state index contributed by atoms with van der Waals surface area (Å²) in [6.07, 6.45) is 4.04. The molecule has 4 aromatic carbocycles. The Bertz CT molecular complexity index is 2610. The molecule has 4 atom stereocenters. The van der Waals surface area contributed by atoms with E-state index >= 15 is 0 Å². The van der Waals surface area contributed by atoms with Gasteiger partial charge in [0.1, 0.15) is 23.7 Å². The number of fused-ring (bicyclic) bond motifs is 3. The van der Waals surface area contributed by atoms with E-state index in [2.05, 4.69) is 38.8 Å². The number of likely N-dealkylation sites (tertiary alicyclic amines) is 1. The van der Waals surface area contributed by atoms with Gasteiger partial charge < -0.3 is 44.6 Å². The van der Waals surface area contributed by atoms with Gasteiger partial charge in [-0.1, -0.05) is 91.0 Å². The van der Waals surface area contributed by atoms with Gasteiger partial charge in [0.2, 0.25) is 5.95 Å². The van der Waals surface area contributed by atoms with Crippen LogP contribution in [0.4, 0.5) is 15.5 Å². The van der Waals surface area contributed by atoms with E-state index in [4.69, 9.17) is 24.2 Å². The molecule has 0 radical (unpaired) electrons. The molecule has 15 heteroatoms. The zero-order valence-corrected chi connectivity index (χ0v) is 35.0. The number of Topliss-reactive ketones (excluding diaryl/α,β-unsaturated/α-hetero) is 1. The Labute approximate surface area is 364 Å². The Morgan fingerprint density at radius 2 is 1.41 bits per heavy atom. The number of imidazole rings is 2. The van der Waals surface area contributed by atoms with E-state index in [1.54, 1.807) is 11.1 Å². The molecule has 0 spiro atoms. The normalized spacial score (nSPS) is 17.7. The highest BCUT2D eigenvalue weighted by molar-refractivity contribution is 5.95. The van der Waals surface area contributed by atoms with Crippen molar-refractivity contribution in [2.24, 2.45) is 0 Å². The maximum absolute atomic E-state index is 14.1. The lowest BCUT2D eigenvalue weighted by molar-refractivity contribution is -0.134. The second kappa shape index (κ2) is 17.9. The third kappa shape index (κ3) is 8.33. The molecule has 0 bridgehead atoms. The summed E-state index contributed by atoms with van der Waals surface area (Å²) in [7, 11) is 2.56. The number of ketones is 1. The highest BCUT2D eigenvalue weighted by atomic mass is 16.5. The van der Waals surface area contributed by atoms with Crippen molar-refractivity contribution < 1.29 is 33.4 Å². The topological polar surface area (TPSA) is 184 Å². The number of benzene rings is 4. The van der Waals surface area contributed by atoms with Gasteiger partial charge in [0, 0.05) is 30.8 Å². The van der Waals surface area contributed by atoms with Crippen molar-refractivity contribution in [3.05, 3.63) is 132 Å². The maximum Gasteiger partial charge on any atom is 0.407 e. The molecule has 322 valence electrons. The average Bonchev–Trinajstić information content (AvgIpc) is 4.17. The number of anilines is 1. The van der Waals surface area contributed by atoms with Gasteiger partial charge >= 0.3 is 12.2 Å². The lowest BCUT2D eigenvalue weighted by Gasteiger charge is -2.28. The van der Waals surface area contributed by atoms with Crippen LogP contribution in [0, 0.1) is 0 Å². The standard InChI is InChI=1S/C48H48N8O7/c1-61-47(59)53-40(31-11-5-3-6-12-31)43(57)37-15-9-25-56(37)46-51-35-23-26-63-39-27-33(21-22-34(39)42(35)52-46)29-17-19-30(20-18-29)36-28-49-44(50-36)38-16-10-24-55(38)45(58)41(54-48(60)62-2)32-13-7-4-8-14-32/h3-8,11-14,17-22,27-28,37-38,40-41H,9-10,15-16,23-26H2,1-2H3,(H,49,50)(H,51,52)(H,53,59)(H,54,60)/t37?,38-,40+,41+/m0/s1. The van der Waals surface area contributed by atoms with E-state index in [0.29, 0.717) is 55.4 Å². The number of hydrogen-bond acceptors (Lipinski definition) is 10. The van der Waals surface area contributed by atoms with Gasteiger partial charge in [-0.3, -0.25) is 9.59 Å². The minimum Gasteiger partial charge on any atom is -0.492 e. The lowest BCUT2D eigenvalue weighted by Crippen LogP contribution is -2.44. The van der Waals surface area contributed by atoms with Crippen LogP contribution in [0.5, 0.6) is 5.75 Å². The zero-order valence-electron chi connectivity index (χ0n) is 35.0. The van der Waals surface area contributed by atoms with E-state index in [1.165, 1.54) is 14.2 Å². The lowest BCUT2D eigenvalue weighted by atomic mass is 9.96. The summed E-state index contributed by atoms with van der Waals surface area (Å²) in [6, 6.07) is 30.2. The molecule has 63 heavy (non-hydrogen) atoms. The number of ether oxygens (including phenoxy) is 3. The first-order valence-electron chi connectivity index (χ1n) is 21.2. The fraction of sp³-hybridized carbons (Fsp3) is 0.292. The first kappa shape index (κ1) is 41.0. The molecular formula is C48H48N8O7.